The molecule has 0 bridgehead atoms. The highest BCUT2D eigenvalue weighted by Crippen LogP contribution is 2.29. The third-order valence-corrected chi connectivity index (χ3v) is 4.72. The molecule has 21 heavy (non-hydrogen) atoms. The van der Waals surface area contributed by atoms with E-state index in [0.717, 1.165) is 32.4 Å². The number of likely N-dealkylation sites (tertiary alicyclic amines) is 1. The Balaban J connectivity index is 1.82. The molecular formula is C14H19N3O3S. The first kappa shape index (κ1) is 14.3. The zero-order valence-corrected chi connectivity index (χ0v) is 12.7. The van der Waals surface area contributed by atoms with Crippen molar-refractivity contribution in [3.8, 4) is 0 Å². The maximum Gasteiger partial charge on any atom is 0.256 e. The maximum atomic E-state index is 12.7. The van der Waals surface area contributed by atoms with Crippen molar-refractivity contribution in [3.05, 3.63) is 29.8 Å². The van der Waals surface area contributed by atoms with Crippen LogP contribution in [0.4, 0.5) is 5.69 Å². The van der Waals surface area contributed by atoms with Gasteiger partial charge in [-0.05, 0) is 24.0 Å². The van der Waals surface area contributed by atoms with E-state index < -0.39 is 10.0 Å². The summed E-state index contributed by atoms with van der Waals surface area (Å²) in [4.78, 5) is 14.5. The van der Waals surface area contributed by atoms with E-state index in [1.54, 1.807) is 24.3 Å². The Kier molecular flexibility index (Phi) is 3.62. The van der Waals surface area contributed by atoms with E-state index in [4.69, 9.17) is 0 Å². The van der Waals surface area contributed by atoms with Gasteiger partial charge in [0.25, 0.3) is 5.91 Å². The molecule has 114 valence electrons. The summed E-state index contributed by atoms with van der Waals surface area (Å²) in [7, 11) is -3.40. The molecule has 1 aromatic rings. The molecule has 2 atom stereocenters. The van der Waals surface area contributed by atoms with Crippen molar-refractivity contribution in [3.63, 3.8) is 0 Å². The van der Waals surface area contributed by atoms with Gasteiger partial charge in [-0.15, -0.1) is 0 Å². The summed E-state index contributed by atoms with van der Waals surface area (Å²) in [5.74, 6) is 0.934. The number of sulfonamides is 1. The van der Waals surface area contributed by atoms with Gasteiger partial charge < -0.3 is 10.2 Å². The smallest absolute Gasteiger partial charge is 0.256 e. The lowest BCUT2D eigenvalue weighted by Crippen LogP contribution is -2.32. The summed E-state index contributed by atoms with van der Waals surface area (Å²) < 4.78 is 25.2. The van der Waals surface area contributed by atoms with E-state index in [2.05, 4.69) is 10.0 Å². The van der Waals surface area contributed by atoms with Crippen molar-refractivity contribution in [1.29, 1.82) is 0 Å². The summed E-state index contributed by atoms with van der Waals surface area (Å²) in [6.45, 7) is 3.39. The standard InChI is InChI=1S/C14H19N3O3S/c1-21(19,20)16-13-5-3-2-4-12(13)14(18)17-8-10-6-15-7-11(10)9-17/h2-5,10-11,15-16H,6-9H2,1H3/t10-,11+. The number of fused-ring (bicyclic) bond motifs is 1. The van der Waals surface area contributed by atoms with Crippen LogP contribution in [0.25, 0.3) is 0 Å². The van der Waals surface area contributed by atoms with Crippen LogP contribution in [0, 0.1) is 11.8 Å². The Morgan fingerprint density at radius 2 is 1.86 bits per heavy atom. The van der Waals surface area contributed by atoms with E-state index in [0.29, 0.717) is 23.1 Å². The zero-order valence-electron chi connectivity index (χ0n) is 11.9. The molecule has 0 aliphatic carbocycles. The molecule has 0 aromatic heterocycles. The number of amides is 1. The summed E-state index contributed by atoms with van der Waals surface area (Å²) in [5, 5.41) is 3.34. The number of rotatable bonds is 3. The second kappa shape index (κ2) is 5.31. The van der Waals surface area contributed by atoms with Crippen molar-refractivity contribution >= 4 is 21.6 Å². The molecule has 0 spiro atoms. The van der Waals surface area contributed by atoms with Gasteiger partial charge in [0.2, 0.25) is 10.0 Å². The summed E-state index contributed by atoms with van der Waals surface area (Å²) in [6, 6.07) is 6.75. The largest absolute Gasteiger partial charge is 0.338 e. The van der Waals surface area contributed by atoms with Gasteiger partial charge in [-0.3, -0.25) is 9.52 Å². The fourth-order valence-electron chi connectivity index (χ4n) is 3.15. The topological polar surface area (TPSA) is 78.5 Å². The van der Waals surface area contributed by atoms with Crippen molar-refractivity contribution in [2.75, 3.05) is 37.2 Å². The monoisotopic (exact) mass is 309 g/mol. The third-order valence-electron chi connectivity index (χ3n) is 4.13. The predicted octanol–water partition coefficient (Wildman–Crippen LogP) is 0.349. The SMILES string of the molecule is CS(=O)(=O)Nc1ccccc1C(=O)N1C[C@H]2CNC[C@H]2C1. The number of hydrogen-bond acceptors (Lipinski definition) is 4. The molecule has 0 radical (unpaired) electrons. The minimum Gasteiger partial charge on any atom is -0.338 e. The Morgan fingerprint density at radius 3 is 2.48 bits per heavy atom. The number of carbonyl (C=O) groups is 1. The molecule has 2 N–H and O–H groups in total. The van der Waals surface area contributed by atoms with Crippen LogP contribution in [0.5, 0.6) is 0 Å². The minimum atomic E-state index is -3.40. The molecule has 2 aliphatic rings. The first-order valence-electron chi connectivity index (χ1n) is 7.01. The maximum absolute atomic E-state index is 12.7. The Hall–Kier alpha value is -1.60. The molecule has 6 nitrogen and oxygen atoms in total. The number of benzene rings is 1. The van der Waals surface area contributed by atoms with Crippen molar-refractivity contribution in [2.24, 2.45) is 11.8 Å². The second-order valence-corrected chi connectivity index (χ2v) is 7.56. The van der Waals surface area contributed by atoms with E-state index in [1.165, 1.54) is 0 Å². The van der Waals surface area contributed by atoms with Crippen LogP contribution in [0.15, 0.2) is 24.3 Å². The lowest BCUT2D eigenvalue weighted by Gasteiger charge is -2.19. The first-order valence-corrected chi connectivity index (χ1v) is 8.90. The molecule has 1 amide bonds. The van der Waals surface area contributed by atoms with E-state index in [-0.39, 0.29) is 5.91 Å². The van der Waals surface area contributed by atoms with Gasteiger partial charge in [-0.25, -0.2) is 8.42 Å². The molecule has 1 aromatic carbocycles. The lowest BCUT2D eigenvalue weighted by molar-refractivity contribution is 0.0783. The van der Waals surface area contributed by atoms with Crippen molar-refractivity contribution in [2.45, 2.75) is 0 Å². The number of nitrogens with zero attached hydrogens (tertiary/aromatic N) is 1. The van der Waals surface area contributed by atoms with Gasteiger partial charge in [-0.1, -0.05) is 12.1 Å². The first-order chi connectivity index (χ1) is 9.94. The molecule has 2 heterocycles. The quantitative estimate of drug-likeness (QED) is 0.844. The molecule has 0 unspecified atom stereocenters. The molecule has 3 rings (SSSR count). The number of carbonyl (C=O) groups excluding carboxylic acids is 1. The number of hydrogen-bond donors (Lipinski definition) is 2. The van der Waals surface area contributed by atoms with Gasteiger partial charge >= 0.3 is 0 Å². The van der Waals surface area contributed by atoms with Crippen LogP contribution in [0.2, 0.25) is 0 Å². The average Bonchev–Trinajstić information content (AvgIpc) is 2.97. The van der Waals surface area contributed by atoms with Crippen LogP contribution < -0.4 is 10.0 Å². The Bertz CT molecular complexity index is 647. The van der Waals surface area contributed by atoms with Crippen molar-refractivity contribution in [1.82, 2.24) is 10.2 Å². The lowest BCUT2D eigenvalue weighted by atomic mass is 10.0. The van der Waals surface area contributed by atoms with Crippen LogP contribution in [0.1, 0.15) is 10.4 Å². The highest BCUT2D eigenvalue weighted by Gasteiger charge is 2.38. The van der Waals surface area contributed by atoms with Crippen LogP contribution in [-0.2, 0) is 10.0 Å². The Morgan fingerprint density at radius 1 is 1.24 bits per heavy atom. The minimum absolute atomic E-state index is 0.101. The molecular weight excluding hydrogens is 290 g/mol. The molecule has 7 heteroatoms. The molecule has 0 saturated carbocycles. The molecule has 2 aliphatic heterocycles. The van der Waals surface area contributed by atoms with E-state index >= 15 is 0 Å². The van der Waals surface area contributed by atoms with E-state index in [1.807, 2.05) is 4.90 Å². The highest BCUT2D eigenvalue weighted by molar-refractivity contribution is 7.92. The number of para-hydroxylation sites is 1. The van der Waals surface area contributed by atoms with Crippen LogP contribution in [0.3, 0.4) is 0 Å². The molecule has 2 fully saturated rings. The van der Waals surface area contributed by atoms with Crippen LogP contribution in [-0.4, -0.2) is 51.7 Å². The average molecular weight is 309 g/mol. The fourth-order valence-corrected chi connectivity index (χ4v) is 3.73. The van der Waals surface area contributed by atoms with Crippen molar-refractivity contribution < 1.29 is 13.2 Å². The number of anilines is 1. The third kappa shape index (κ3) is 3.03. The van der Waals surface area contributed by atoms with Gasteiger partial charge in [0.15, 0.2) is 0 Å². The van der Waals surface area contributed by atoms with E-state index in [9.17, 15) is 13.2 Å². The summed E-state index contributed by atoms with van der Waals surface area (Å²) >= 11 is 0. The number of nitrogens with one attached hydrogen (secondary N) is 2. The predicted molar refractivity (Wildman–Crippen MR) is 80.7 cm³/mol. The Labute approximate surface area is 124 Å². The van der Waals surface area contributed by atoms with Gasteiger partial charge in [0.05, 0.1) is 17.5 Å². The van der Waals surface area contributed by atoms with Gasteiger partial charge in [0, 0.05) is 26.2 Å². The second-order valence-electron chi connectivity index (χ2n) is 5.81. The van der Waals surface area contributed by atoms with Gasteiger partial charge in [0.1, 0.15) is 0 Å². The normalized spacial score (nSPS) is 24.9. The fraction of sp³-hybridized carbons (Fsp3) is 0.500. The summed E-state index contributed by atoms with van der Waals surface area (Å²) in [5.41, 5.74) is 0.760. The molecule has 2 saturated heterocycles. The van der Waals surface area contributed by atoms with Crippen LogP contribution >= 0.6 is 0 Å². The van der Waals surface area contributed by atoms with Gasteiger partial charge in [-0.2, -0.15) is 0 Å². The highest BCUT2D eigenvalue weighted by atomic mass is 32.2. The zero-order chi connectivity index (χ0) is 15.0. The summed E-state index contributed by atoms with van der Waals surface area (Å²) in [6.07, 6.45) is 1.08.